The van der Waals surface area contributed by atoms with E-state index >= 15 is 0 Å². The first-order valence-electron chi connectivity index (χ1n) is 7.49. The Kier molecular flexibility index (Phi) is 7.60. The molecule has 0 bridgehead atoms. The van der Waals surface area contributed by atoms with Crippen molar-refractivity contribution in [3.8, 4) is 0 Å². The van der Waals surface area contributed by atoms with Gasteiger partial charge >= 0.3 is 0 Å². The van der Waals surface area contributed by atoms with Crippen LogP contribution in [0.5, 0.6) is 0 Å². The van der Waals surface area contributed by atoms with Crippen molar-refractivity contribution in [2.75, 3.05) is 5.88 Å². The second-order valence-electron chi connectivity index (χ2n) is 4.79. The van der Waals surface area contributed by atoms with Crippen LogP contribution in [0.25, 0.3) is 0 Å². The predicted molar refractivity (Wildman–Crippen MR) is 106 cm³/mol. The highest BCUT2D eigenvalue weighted by Gasteiger charge is 2.14. The van der Waals surface area contributed by atoms with Gasteiger partial charge in [-0.15, -0.1) is 18.2 Å². The summed E-state index contributed by atoms with van der Waals surface area (Å²) >= 11 is 5.07. The zero-order valence-electron chi connectivity index (χ0n) is 13.0. The molecule has 0 N–H and O–H groups in total. The Balaban J connectivity index is 0.000000433. The second kappa shape index (κ2) is 10.0. The van der Waals surface area contributed by atoms with Gasteiger partial charge in [0.1, 0.15) is 0 Å². The van der Waals surface area contributed by atoms with E-state index in [9.17, 15) is 0 Å². The Hall–Kier alpha value is -1.88. The molecule has 0 aliphatic carbocycles. The normalized spacial score (nSPS) is 9.83. The summed E-state index contributed by atoms with van der Waals surface area (Å²) in [5.41, 5.74) is 0. The van der Waals surface area contributed by atoms with Gasteiger partial charge in [0.15, 0.2) is 0 Å². The molecule has 0 unspecified atom stereocenters. The molecular formula is C21H20ClP. The molecular weight excluding hydrogens is 319 g/mol. The molecule has 3 rings (SSSR count). The number of rotatable bonds is 4. The predicted octanol–water partition coefficient (Wildman–Crippen LogP) is 4.86. The fourth-order valence-corrected chi connectivity index (χ4v) is 4.48. The molecule has 0 fully saturated rings. The molecule has 0 nitrogen and oxygen atoms in total. The van der Waals surface area contributed by atoms with Crippen molar-refractivity contribution in [3.63, 3.8) is 0 Å². The fraction of sp³-hybridized carbons (Fsp3) is 0.0476. The highest BCUT2D eigenvalue weighted by Crippen LogP contribution is 2.32. The van der Waals surface area contributed by atoms with Crippen LogP contribution in [0.2, 0.25) is 0 Å². The first kappa shape index (κ1) is 17.5. The molecule has 3 aromatic carbocycles. The van der Waals surface area contributed by atoms with Gasteiger partial charge in [0, 0.05) is 5.88 Å². The monoisotopic (exact) mass is 338 g/mol. The van der Waals surface area contributed by atoms with Gasteiger partial charge in [-0.2, -0.15) is 0 Å². The third-order valence-electron chi connectivity index (χ3n) is 3.15. The number of halogens is 1. The number of hydrogen-bond acceptors (Lipinski definition) is 0. The van der Waals surface area contributed by atoms with Crippen LogP contribution in [0.1, 0.15) is 0 Å². The van der Waals surface area contributed by atoms with Crippen LogP contribution < -0.4 is 15.9 Å². The van der Waals surface area contributed by atoms with Gasteiger partial charge in [-0.05, 0) is 23.8 Å². The van der Waals surface area contributed by atoms with Crippen molar-refractivity contribution in [2.24, 2.45) is 0 Å². The maximum atomic E-state index is 5.07. The summed E-state index contributed by atoms with van der Waals surface area (Å²) in [7, 11) is -0.446. The Morgan fingerprint density at radius 1 is 0.652 bits per heavy atom. The standard InChI is InChI=1S/C18H15P.C3H5Cl/c1-4-10-16(11-5-1)19(17-12-6-2-7-13-17)18-14-8-3-9-15-18;1-2-3-4/h1-15H;2H,1,3H2. The van der Waals surface area contributed by atoms with E-state index in [0.29, 0.717) is 5.88 Å². The SMILES string of the molecule is C=CCCl.c1ccc(P(c2ccccc2)c2ccccc2)cc1. The molecule has 0 aromatic heterocycles. The summed E-state index contributed by atoms with van der Waals surface area (Å²) in [4.78, 5) is 0. The second-order valence-corrected chi connectivity index (χ2v) is 7.31. The van der Waals surface area contributed by atoms with E-state index in [4.69, 9.17) is 11.6 Å². The zero-order valence-corrected chi connectivity index (χ0v) is 14.6. The highest BCUT2D eigenvalue weighted by molar-refractivity contribution is 7.79. The summed E-state index contributed by atoms with van der Waals surface area (Å²) < 4.78 is 0. The minimum Gasteiger partial charge on any atom is -0.122 e. The summed E-state index contributed by atoms with van der Waals surface area (Å²) in [6.07, 6.45) is 1.64. The van der Waals surface area contributed by atoms with Crippen LogP contribution in [-0.2, 0) is 0 Å². The molecule has 0 atom stereocenters. The number of benzene rings is 3. The summed E-state index contributed by atoms with van der Waals surface area (Å²) in [6, 6.07) is 32.3. The van der Waals surface area contributed by atoms with Gasteiger partial charge < -0.3 is 0 Å². The fourth-order valence-electron chi connectivity index (χ4n) is 2.18. The molecule has 0 aliphatic heterocycles. The van der Waals surface area contributed by atoms with Crippen molar-refractivity contribution >= 4 is 35.4 Å². The summed E-state index contributed by atoms with van der Waals surface area (Å²) in [6.45, 7) is 3.35. The molecule has 23 heavy (non-hydrogen) atoms. The van der Waals surface area contributed by atoms with Crippen LogP contribution in [0.4, 0.5) is 0 Å². The Morgan fingerprint density at radius 3 is 1.13 bits per heavy atom. The zero-order chi connectivity index (χ0) is 16.3. The topological polar surface area (TPSA) is 0 Å². The lowest BCUT2D eigenvalue weighted by Crippen LogP contribution is -2.20. The van der Waals surface area contributed by atoms with E-state index in [0.717, 1.165) is 0 Å². The van der Waals surface area contributed by atoms with Crippen molar-refractivity contribution < 1.29 is 0 Å². The van der Waals surface area contributed by atoms with Crippen LogP contribution >= 0.6 is 19.5 Å². The van der Waals surface area contributed by atoms with E-state index in [1.54, 1.807) is 6.08 Å². The molecule has 3 aromatic rings. The van der Waals surface area contributed by atoms with E-state index < -0.39 is 7.92 Å². The third kappa shape index (κ3) is 5.36. The van der Waals surface area contributed by atoms with Crippen LogP contribution in [-0.4, -0.2) is 5.88 Å². The molecule has 0 saturated carbocycles. The summed E-state index contributed by atoms with van der Waals surface area (Å²) in [5, 5.41) is 4.19. The van der Waals surface area contributed by atoms with Crippen LogP contribution in [0, 0.1) is 0 Å². The lowest BCUT2D eigenvalue weighted by atomic mass is 10.4. The first-order valence-corrected chi connectivity index (χ1v) is 9.36. The lowest BCUT2D eigenvalue weighted by Gasteiger charge is -2.18. The van der Waals surface area contributed by atoms with Gasteiger partial charge in [-0.3, -0.25) is 0 Å². The molecule has 0 radical (unpaired) electrons. The smallest absolute Gasteiger partial charge is 0.0401 e. The third-order valence-corrected chi connectivity index (χ3v) is 5.81. The van der Waals surface area contributed by atoms with Gasteiger partial charge in [0.25, 0.3) is 0 Å². The van der Waals surface area contributed by atoms with Gasteiger partial charge in [-0.25, -0.2) is 0 Å². The van der Waals surface area contributed by atoms with E-state index in [1.165, 1.54) is 15.9 Å². The molecule has 0 aliphatic rings. The number of hydrogen-bond donors (Lipinski definition) is 0. The molecule has 0 amide bonds. The molecule has 2 heteroatoms. The van der Waals surface area contributed by atoms with Crippen molar-refractivity contribution in [1.82, 2.24) is 0 Å². The van der Waals surface area contributed by atoms with Gasteiger partial charge in [-0.1, -0.05) is 97.1 Å². The van der Waals surface area contributed by atoms with Crippen molar-refractivity contribution in [1.29, 1.82) is 0 Å². The number of alkyl halides is 1. The minimum atomic E-state index is -0.446. The minimum absolute atomic E-state index is 0.446. The van der Waals surface area contributed by atoms with E-state index in [2.05, 4.69) is 97.6 Å². The average Bonchev–Trinajstić information content (AvgIpc) is 2.65. The molecule has 0 saturated heterocycles. The van der Waals surface area contributed by atoms with Crippen molar-refractivity contribution in [2.45, 2.75) is 0 Å². The Morgan fingerprint density at radius 2 is 0.913 bits per heavy atom. The Bertz CT molecular complexity index is 587. The number of allylic oxidation sites excluding steroid dienone is 1. The molecule has 0 heterocycles. The van der Waals surface area contributed by atoms with E-state index in [-0.39, 0.29) is 0 Å². The van der Waals surface area contributed by atoms with Gasteiger partial charge in [0.2, 0.25) is 0 Å². The quantitative estimate of drug-likeness (QED) is 0.362. The van der Waals surface area contributed by atoms with Crippen LogP contribution in [0.15, 0.2) is 104 Å². The maximum Gasteiger partial charge on any atom is 0.0401 e. The lowest BCUT2D eigenvalue weighted by molar-refractivity contribution is 1.74. The Labute approximate surface area is 145 Å². The molecule has 116 valence electrons. The summed E-state index contributed by atoms with van der Waals surface area (Å²) in [5.74, 6) is 0.556. The maximum absolute atomic E-state index is 5.07. The largest absolute Gasteiger partial charge is 0.122 e. The van der Waals surface area contributed by atoms with Crippen molar-refractivity contribution in [3.05, 3.63) is 104 Å². The molecule has 0 spiro atoms. The average molecular weight is 339 g/mol. The van der Waals surface area contributed by atoms with Crippen LogP contribution in [0.3, 0.4) is 0 Å². The van der Waals surface area contributed by atoms with E-state index in [1.807, 2.05) is 0 Å². The highest BCUT2D eigenvalue weighted by atomic mass is 35.5. The first-order chi connectivity index (χ1) is 11.4. The van der Waals surface area contributed by atoms with Gasteiger partial charge in [0.05, 0.1) is 0 Å².